The Morgan fingerprint density at radius 1 is 1.15 bits per heavy atom. The zero-order chi connectivity index (χ0) is 17.9. The summed E-state index contributed by atoms with van der Waals surface area (Å²) >= 11 is 0. The predicted octanol–water partition coefficient (Wildman–Crippen LogP) is 4.14. The van der Waals surface area contributed by atoms with Crippen molar-refractivity contribution in [1.29, 1.82) is 0 Å². The quantitative estimate of drug-likeness (QED) is 0.850. The first-order valence-electron chi connectivity index (χ1n) is 9.85. The fourth-order valence-corrected chi connectivity index (χ4v) is 4.42. The van der Waals surface area contributed by atoms with Crippen molar-refractivity contribution < 1.29 is 9.21 Å². The number of carbonyl (C=O) groups excluding carboxylic acids is 1. The smallest absolute Gasteiger partial charge is 0.223 e. The Balaban J connectivity index is 1.33. The van der Waals surface area contributed by atoms with Gasteiger partial charge in [0.25, 0.3) is 0 Å². The number of nitrogens with zero attached hydrogens (tertiary/aromatic N) is 1. The maximum Gasteiger partial charge on any atom is 0.223 e. The second-order valence-corrected chi connectivity index (χ2v) is 7.75. The Morgan fingerprint density at radius 3 is 2.73 bits per heavy atom. The van der Waals surface area contributed by atoms with Crippen molar-refractivity contribution in [3.8, 4) is 11.3 Å². The highest BCUT2D eigenvalue weighted by molar-refractivity contribution is 5.79. The summed E-state index contributed by atoms with van der Waals surface area (Å²) in [5.41, 5.74) is 2.38. The molecule has 4 rings (SSSR count). The van der Waals surface area contributed by atoms with Gasteiger partial charge in [0.1, 0.15) is 11.5 Å². The van der Waals surface area contributed by atoms with E-state index in [0.29, 0.717) is 24.3 Å². The standard InChI is InChI=1S/C22H28N2O2/c1-16-10-11-21(26-16)20-9-5-2-6-18(20)14-23-13-17-12-22(25)24(15-17)19-7-3-4-8-19/h2,5-6,9-11,17,19,23H,3-4,7-8,12-15H2,1H3. The van der Waals surface area contributed by atoms with E-state index >= 15 is 0 Å². The van der Waals surface area contributed by atoms with Gasteiger partial charge in [-0.05, 0) is 43.4 Å². The van der Waals surface area contributed by atoms with Crippen LogP contribution < -0.4 is 5.32 Å². The van der Waals surface area contributed by atoms with Crippen LogP contribution in [-0.4, -0.2) is 29.9 Å². The van der Waals surface area contributed by atoms with Gasteiger partial charge in [0.15, 0.2) is 0 Å². The molecule has 1 saturated carbocycles. The van der Waals surface area contributed by atoms with Crippen LogP contribution in [0.5, 0.6) is 0 Å². The maximum absolute atomic E-state index is 12.3. The van der Waals surface area contributed by atoms with Crippen LogP contribution in [0, 0.1) is 12.8 Å². The van der Waals surface area contributed by atoms with Gasteiger partial charge in [0.05, 0.1) is 0 Å². The molecule has 26 heavy (non-hydrogen) atoms. The van der Waals surface area contributed by atoms with Gasteiger partial charge in [0.2, 0.25) is 5.91 Å². The van der Waals surface area contributed by atoms with Crippen molar-refractivity contribution in [2.24, 2.45) is 5.92 Å². The number of benzene rings is 1. The topological polar surface area (TPSA) is 45.5 Å². The molecule has 1 amide bonds. The fraction of sp³-hybridized carbons (Fsp3) is 0.500. The molecule has 1 aliphatic carbocycles. The van der Waals surface area contributed by atoms with E-state index in [1.807, 2.05) is 25.1 Å². The molecule has 0 bridgehead atoms. The number of rotatable bonds is 6. The predicted molar refractivity (Wildman–Crippen MR) is 103 cm³/mol. The second-order valence-electron chi connectivity index (χ2n) is 7.75. The van der Waals surface area contributed by atoms with E-state index in [-0.39, 0.29) is 0 Å². The van der Waals surface area contributed by atoms with Crippen molar-refractivity contribution >= 4 is 5.91 Å². The van der Waals surface area contributed by atoms with Crippen LogP contribution in [0.25, 0.3) is 11.3 Å². The van der Waals surface area contributed by atoms with Gasteiger partial charge in [-0.1, -0.05) is 37.1 Å². The first kappa shape index (κ1) is 17.3. The van der Waals surface area contributed by atoms with Crippen LogP contribution in [0.4, 0.5) is 0 Å². The first-order valence-corrected chi connectivity index (χ1v) is 9.85. The molecule has 4 heteroatoms. The molecule has 2 heterocycles. The lowest BCUT2D eigenvalue weighted by Crippen LogP contribution is -2.35. The summed E-state index contributed by atoms with van der Waals surface area (Å²) in [4.78, 5) is 14.5. The van der Waals surface area contributed by atoms with Gasteiger partial charge in [0, 0.05) is 37.7 Å². The lowest BCUT2D eigenvalue weighted by Gasteiger charge is -2.24. The van der Waals surface area contributed by atoms with E-state index in [2.05, 4.69) is 28.4 Å². The minimum Gasteiger partial charge on any atom is -0.461 e. The molecule has 1 N–H and O–H groups in total. The van der Waals surface area contributed by atoms with E-state index < -0.39 is 0 Å². The molecule has 4 nitrogen and oxygen atoms in total. The number of hydrogen-bond acceptors (Lipinski definition) is 3. The van der Waals surface area contributed by atoms with Crippen LogP contribution in [0.15, 0.2) is 40.8 Å². The van der Waals surface area contributed by atoms with Gasteiger partial charge >= 0.3 is 0 Å². The van der Waals surface area contributed by atoms with Crippen LogP contribution in [0.3, 0.4) is 0 Å². The Morgan fingerprint density at radius 2 is 1.96 bits per heavy atom. The van der Waals surface area contributed by atoms with Crippen LogP contribution in [0.2, 0.25) is 0 Å². The first-order chi connectivity index (χ1) is 12.7. The number of aryl methyl sites for hydroxylation is 1. The Labute approximate surface area is 155 Å². The zero-order valence-corrected chi connectivity index (χ0v) is 15.5. The molecule has 1 saturated heterocycles. The Kier molecular flexibility index (Phi) is 5.11. The Hall–Kier alpha value is -2.07. The lowest BCUT2D eigenvalue weighted by molar-refractivity contribution is -0.129. The van der Waals surface area contributed by atoms with Crippen LogP contribution >= 0.6 is 0 Å². The second kappa shape index (κ2) is 7.67. The lowest BCUT2D eigenvalue weighted by atomic mass is 10.0. The van der Waals surface area contributed by atoms with E-state index in [1.54, 1.807) is 0 Å². The molecule has 0 spiro atoms. The Bertz CT molecular complexity index is 761. The highest BCUT2D eigenvalue weighted by atomic mass is 16.3. The van der Waals surface area contributed by atoms with Crippen molar-refractivity contribution in [2.45, 2.75) is 51.6 Å². The van der Waals surface area contributed by atoms with Crippen LogP contribution in [-0.2, 0) is 11.3 Å². The summed E-state index contributed by atoms with van der Waals surface area (Å²) in [6.45, 7) is 4.58. The van der Waals surface area contributed by atoms with Gasteiger partial charge in [-0.25, -0.2) is 0 Å². The normalized spacial score (nSPS) is 21.0. The van der Waals surface area contributed by atoms with E-state index in [0.717, 1.165) is 36.7 Å². The molecular weight excluding hydrogens is 324 g/mol. The van der Waals surface area contributed by atoms with Gasteiger partial charge in [-0.15, -0.1) is 0 Å². The maximum atomic E-state index is 12.3. The van der Waals surface area contributed by atoms with Crippen molar-refractivity contribution in [3.05, 3.63) is 47.7 Å². The highest BCUT2D eigenvalue weighted by Gasteiger charge is 2.35. The summed E-state index contributed by atoms with van der Waals surface area (Å²) in [6, 6.07) is 12.9. The molecule has 1 aromatic heterocycles. The molecule has 138 valence electrons. The number of hydrogen-bond donors (Lipinski definition) is 1. The van der Waals surface area contributed by atoms with E-state index in [1.165, 1.54) is 31.2 Å². The monoisotopic (exact) mass is 352 g/mol. The third-order valence-corrected chi connectivity index (χ3v) is 5.78. The van der Waals surface area contributed by atoms with Gasteiger partial charge < -0.3 is 14.6 Å². The minimum atomic E-state index is 0.357. The summed E-state index contributed by atoms with van der Waals surface area (Å²) in [7, 11) is 0. The van der Waals surface area contributed by atoms with Crippen molar-refractivity contribution in [1.82, 2.24) is 10.2 Å². The average molecular weight is 352 g/mol. The molecule has 1 aromatic carbocycles. The molecule has 0 radical (unpaired) electrons. The molecule has 2 fully saturated rings. The highest BCUT2D eigenvalue weighted by Crippen LogP contribution is 2.29. The van der Waals surface area contributed by atoms with Gasteiger partial charge in [-0.3, -0.25) is 4.79 Å². The fourth-order valence-electron chi connectivity index (χ4n) is 4.42. The number of likely N-dealkylation sites (tertiary alicyclic amines) is 1. The molecular formula is C22H28N2O2. The van der Waals surface area contributed by atoms with Crippen molar-refractivity contribution in [3.63, 3.8) is 0 Å². The SMILES string of the molecule is Cc1ccc(-c2ccccc2CNCC2CC(=O)N(C3CCCC3)C2)o1. The number of carbonyl (C=O) groups is 1. The van der Waals surface area contributed by atoms with Crippen LogP contribution in [0.1, 0.15) is 43.4 Å². The molecule has 1 aliphatic heterocycles. The summed E-state index contributed by atoms with van der Waals surface area (Å²) in [5.74, 6) is 2.64. The number of nitrogens with one attached hydrogen (secondary N) is 1. The third-order valence-electron chi connectivity index (χ3n) is 5.78. The van der Waals surface area contributed by atoms with E-state index in [4.69, 9.17) is 4.42 Å². The number of furan rings is 1. The molecule has 1 atom stereocenters. The largest absolute Gasteiger partial charge is 0.461 e. The zero-order valence-electron chi connectivity index (χ0n) is 15.5. The summed E-state index contributed by atoms with van der Waals surface area (Å²) in [5, 5.41) is 3.57. The number of amides is 1. The molecule has 2 aromatic rings. The molecule has 1 unspecified atom stereocenters. The third kappa shape index (κ3) is 3.70. The molecule has 2 aliphatic rings. The van der Waals surface area contributed by atoms with E-state index in [9.17, 15) is 4.79 Å². The summed E-state index contributed by atoms with van der Waals surface area (Å²) in [6.07, 6.45) is 5.65. The van der Waals surface area contributed by atoms with Gasteiger partial charge in [-0.2, -0.15) is 0 Å². The minimum absolute atomic E-state index is 0.357. The average Bonchev–Trinajstić information content (AvgIpc) is 3.37. The van der Waals surface area contributed by atoms with Crippen molar-refractivity contribution in [2.75, 3.05) is 13.1 Å². The summed E-state index contributed by atoms with van der Waals surface area (Å²) < 4.78 is 5.80.